The number of hydrogen-bond acceptors (Lipinski definition) is 9. The van der Waals surface area contributed by atoms with Crippen LogP contribution in [0.3, 0.4) is 0 Å². The van der Waals surface area contributed by atoms with Crippen molar-refractivity contribution in [2.24, 2.45) is 4.99 Å². The minimum atomic E-state index is -0.825. The van der Waals surface area contributed by atoms with E-state index in [1.54, 1.807) is 45.2 Å². The number of allylic oxidation sites excluding steroid dienone is 1. The molecule has 1 atom stereocenters. The van der Waals surface area contributed by atoms with Crippen LogP contribution in [-0.2, 0) is 14.3 Å². The maximum absolute atomic E-state index is 13.7. The molecule has 0 saturated heterocycles. The Kier molecular flexibility index (Phi) is 7.58. The molecule has 2 heterocycles. The highest BCUT2D eigenvalue weighted by Gasteiger charge is 2.34. The summed E-state index contributed by atoms with van der Waals surface area (Å²) in [4.78, 5) is 43.3. The Labute approximate surface area is 216 Å². The van der Waals surface area contributed by atoms with Crippen molar-refractivity contribution in [3.05, 3.63) is 84.5 Å². The van der Waals surface area contributed by atoms with E-state index in [1.165, 1.54) is 29.9 Å². The fourth-order valence-corrected chi connectivity index (χ4v) is 5.10. The fraction of sp³-hybridized carbons (Fsp3) is 0.259. The lowest BCUT2D eigenvalue weighted by molar-refractivity contribution is -0.139. The van der Waals surface area contributed by atoms with Gasteiger partial charge in [-0.3, -0.25) is 14.2 Å². The molecular formula is C27H26N2O7S. The second kappa shape index (κ2) is 10.8. The first-order valence-electron chi connectivity index (χ1n) is 11.5. The van der Waals surface area contributed by atoms with E-state index in [1.807, 2.05) is 24.3 Å². The van der Waals surface area contributed by atoms with E-state index in [4.69, 9.17) is 18.9 Å². The summed E-state index contributed by atoms with van der Waals surface area (Å²) in [6.45, 7) is 4.88. The summed E-state index contributed by atoms with van der Waals surface area (Å²) in [6.07, 6.45) is 1.77. The van der Waals surface area contributed by atoms with Crippen molar-refractivity contribution in [2.75, 3.05) is 20.8 Å². The van der Waals surface area contributed by atoms with Crippen LogP contribution in [0.4, 0.5) is 0 Å². The van der Waals surface area contributed by atoms with Gasteiger partial charge in [0.1, 0.15) is 5.75 Å². The van der Waals surface area contributed by atoms with Gasteiger partial charge in [0.25, 0.3) is 5.56 Å². The molecule has 0 bridgehead atoms. The van der Waals surface area contributed by atoms with Gasteiger partial charge in [0.2, 0.25) is 0 Å². The minimum absolute atomic E-state index is 0.166. The molecule has 10 heteroatoms. The van der Waals surface area contributed by atoms with Crippen LogP contribution in [0.1, 0.15) is 37.9 Å². The van der Waals surface area contributed by atoms with Crippen molar-refractivity contribution in [2.45, 2.75) is 26.8 Å². The van der Waals surface area contributed by atoms with E-state index < -0.39 is 18.0 Å². The Morgan fingerprint density at radius 2 is 1.81 bits per heavy atom. The first kappa shape index (κ1) is 25.9. The number of benzene rings is 2. The van der Waals surface area contributed by atoms with Crippen LogP contribution < -0.4 is 29.1 Å². The molecule has 2 aromatic carbocycles. The Hall–Kier alpha value is -4.18. The Bertz CT molecular complexity index is 1570. The molecule has 0 spiro atoms. The van der Waals surface area contributed by atoms with Crippen LogP contribution >= 0.6 is 11.3 Å². The van der Waals surface area contributed by atoms with Gasteiger partial charge in [0.05, 0.1) is 42.7 Å². The van der Waals surface area contributed by atoms with E-state index >= 15 is 0 Å². The van der Waals surface area contributed by atoms with Crippen molar-refractivity contribution >= 4 is 29.4 Å². The normalized spacial score (nSPS) is 15.1. The number of ether oxygens (including phenoxy) is 4. The molecule has 0 N–H and O–H groups in total. The summed E-state index contributed by atoms with van der Waals surface area (Å²) in [6, 6.07) is 11.4. The fourth-order valence-electron chi connectivity index (χ4n) is 4.05. The molecule has 0 amide bonds. The zero-order valence-electron chi connectivity index (χ0n) is 21.1. The van der Waals surface area contributed by atoms with Crippen molar-refractivity contribution in [3.8, 4) is 17.2 Å². The van der Waals surface area contributed by atoms with Crippen LogP contribution in [0.5, 0.6) is 17.2 Å². The quantitative estimate of drug-likeness (QED) is 0.347. The van der Waals surface area contributed by atoms with E-state index in [9.17, 15) is 14.4 Å². The summed E-state index contributed by atoms with van der Waals surface area (Å²) in [5, 5.41) is 0. The van der Waals surface area contributed by atoms with E-state index in [0.717, 1.165) is 5.56 Å². The van der Waals surface area contributed by atoms with Crippen LogP contribution in [-0.4, -0.2) is 37.3 Å². The van der Waals surface area contributed by atoms with Gasteiger partial charge in [0.15, 0.2) is 16.3 Å². The minimum Gasteiger partial charge on any atom is -0.497 e. The Balaban J connectivity index is 1.92. The maximum atomic E-state index is 13.7. The summed E-state index contributed by atoms with van der Waals surface area (Å²) in [5.74, 6) is 0.149. The zero-order valence-corrected chi connectivity index (χ0v) is 21.9. The Morgan fingerprint density at radius 3 is 2.43 bits per heavy atom. The van der Waals surface area contributed by atoms with Gasteiger partial charge in [-0.25, -0.2) is 9.79 Å². The van der Waals surface area contributed by atoms with Gasteiger partial charge in [-0.15, -0.1) is 0 Å². The number of carbonyl (C=O) groups excluding carboxylic acids is 2. The molecule has 0 saturated carbocycles. The number of thiazole rings is 1. The highest BCUT2D eigenvalue weighted by molar-refractivity contribution is 7.07. The highest BCUT2D eigenvalue weighted by atomic mass is 32.1. The van der Waals surface area contributed by atoms with E-state index in [0.29, 0.717) is 26.3 Å². The molecule has 1 aliphatic heterocycles. The lowest BCUT2D eigenvalue weighted by Gasteiger charge is -2.25. The number of carbonyl (C=O) groups is 2. The third-order valence-corrected chi connectivity index (χ3v) is 6.67. The molecule has 3 aromatic rings. The second-order valence-electron chi connectivity index (χ2n) is 8.08. The van der Waals surface area contributed by atoms with Crippen LogP contribution in [0.25, 0.3) is 6.08 Å². The van der Waals surface area contributed by atoms with Gasteiger partial charge in [0, 0.05) is 6.92 Å². The number of methoxy groups -OCH3 is 2. The van der Waals surface area contributed by atoms with Crippen molar-refractivity contribution in [1.29, 1.82) is 0 Å². The van der Waals surface area contributed by atoms with Crippen molar-refractivity contribution < 1.29 is 28.5 Å². The lowest BCUT2D eigenvalue weighted by atomic mass is 9.95. The third kappa shape index (κ3) is 5.19. The number of fused-ring (bicyclic) bond motifs is 1. The number of rotatable bonds is 7. The van der Waals surface area contributed by atoms with Crippen LogP contribution in [0.2, 0.25) is 0 Å². The first-order chi connectivity index (χ1) is 17.8. The summed E-state index contributed by atoms with van der Waals surface area (Å²) in [5.41, 5.74) is 1.77. The molecule has 9 nitrogen and oxygen atoms in total. The number of hydrogen-bond donors (Lipinski definition) is 0. The van der Waals surface area contributed by atoms with Gasteiger partial charge >= 0.3 is 11.9 Å². The van der Waals surface area contributed by atoms with Gasteiger partial charge in [-0.2, -0.15) is 0 Å². The monoisotopic (exact) mass is 522 g/mol. The molecule has 0 fully saturated rings. The third-order valence-electron chi connectivity index (χ3n) is 5.69. The summed E-state index contributed by atoms with van der Waals surface area (Å²) < 4.78 is 23.1. The molecule has 0 radical (unpaired) electrons. The van der Waals surface area contributed by atoms with Gasteiger partial charge in [-0.05, 0) is 55.3 Å². The molecule has 0 aliphatic carbocycles. The van der Waals surface area contributed by atoms with E-state index in [2.05, 4.69) is 4.99 Å². The maximum Gasteiger partial charge on any atom is 0.338 e. The largest absolute Gasteiger partial charge is 0.497 e. The standard InChI is InChI=1S/C27H26N2O7S/c1-6-35-26(32)23-15(2)28-27-29(24(23)18-9-12-20(36-16(3)30)21(14-18)34-5)25(31)22(37-27)13-17-7-10-19(33-4)11-8-17/h7-14,24H,6H2,1-5H3. The molecular weight excluding hydrogens is 496 g/mol. The first-order valence-corrected chi connectivity index (χ1v) is 12.3. The summed E-state index contributed by atoms with van der Waals surface area (Å²) in [7, 11) is 3.03. The average Bonchev–Trinajstić information content (AvgIpc) is 3.17. The topological polar surface area (TPSA) is 105 Å². The lowest BCUT2D eigenvalue weighted by Crippen LogP contribution is -2.40. The molecule has 192 valence electrons. The molecule has 37 heavy (non-hydrogen) atoms. The predicted octanol–water partition coefficient (Wildman–Crippen LogP) is 2.74. The smallest absolute Gasteiger partial charge is 0.338 e. The highest BCUT2D eigenvalue weighted by Crippen LogP contribution is 2.36. The van der Waals surface area contributed by atoms with E-state index in [-0.39, 0.29) is 29.2 Å². The molecule has 1 unspecified atom stereocenters. The number of nitrogens with zero attached hydrogens (tertiary/aromatic N) is 2. The van der Waals surface area contributed by atoms with Crippen molar-refractivity contribution in [1.82, 2.24) is 4.57 Å². The number of esters is 2. The molecule has 1 aromatic heterocycles. The SMILES string of the molecule is CCOC(=O)C1=C(C)N=c2sc(=Cc3ccc(OC)cc3)c(=O)n2C1c1ccc(OC(C)=O)c(OC)c1. The summed E-state index contributed by atoms with van der Waals surface area (Å²) >= 11 is 1.23. The van der Waals surface area contributed by atoms with Gasteiger partial charge in [-0.1, -0.05) is 29.5 Å². The average molecular weight is 523 g/mol. The van der Waals surface area contributed by atoms with Crippen LogP contribution in [0.15, 0.2) is 63.5 Å². The molecule has 4 rings (SSSR count). The van der Waals surface area contributed by atoms with Crippen LogP contribution in [0, 0.1) is 0 Å². The van der Waals surface area contributed by atoms with Crippen molar-refractivity contribution in [3.63, 3.8) is 0 Å². The second-order valence-corrected chi connectivity index (χ2v) is 9.09. The van der Waals surface area contributed by atoms with Gasteiger partial charge < -0.3 is 18.9 Å². The molecule has 1 aliphatic rings. The predicted molar refractivity (Wildman–Crippen MR) is 138 cm³/mol. The Morgan fingerprint density at radius 1 is 1.08 bits per heavy atom. The number of aromatic nitrogens is 1. The zero-order chi connectivity index (χ0) is 26.7.